The molecule has 0 saturated carbocycles. The van der Waals surface area contributed by atoms with Crippen molar-refractivity contribution in [2.24, 2.45) is 5.92 Å². The van der Waals surface area contributed by atoms with Crippen molar-refractivity contribution in [3.05, 3.63) is 35.6 Å². The number of methoxy groups -OCH3 is 2. The van der Waals surface area contributed by atoms with Gasteiger partial charge in [0.05, 0.1) is 20.6 Å². The number of amides is 2. The Hall–Kier alpha value is -2.97. The Morgan fingerprint density at radius 1 is 1.04 bits per heavy atom. The van der Waals surface area contributed by atoms with E-state index in [1.54, 1.807) is 6.92 Å². The van der Waals surface area contributed by atoms with Gasteiger partial charge in [-0.3, -0.25) is 14.4 Å². The van der Waals surface area contributed by atoms with Gasteiger partial charge >= 0.3 is 11.9 Å². The molecule has 0 heterocycles. The van der Waals surface area contributed by atoms with Crippen LogP contribution in [0.15, 0.2) is 24.3 Å². The number of esters is 2. The number of hydrogen-bond donors (Lipinski definition) is 2. The number of carbonyl (C=O) groups excluding carboxylic acids is 4. The van der Waals surface area contributed by atoms with E-state index in [1.807, 2.05) is 0 Å². The third kappa shape index (κ3) is 7.34. The number of hydrogen-bond acceptors (Lipinski definition) is 6. The van der Waals surface area contributed by atoms with Gasteiger partial charge in [0.2, 0.25) is 11.8 Å². The molecule has 0 aromatic heterocycles. The predicted molar refractivity (Wildman–Crippen MR) is 97.5 cm³/mol. The Morgan fingerprint density at radius 2 is 1.64 bits per heavy atom. The SMILES string of the molecule is COC(=O)C[C@H](C)[C@H](NC(=O)[C@H](Cc1ccc(F)cc1)NC(C)=O)C(=O)OC. The highest BCUT2D eigenvalue weighted by atomic mass is 19.1. The highest BCUT2D eigenvalue weighted by Crippen LogP contribution is 2.12. The van der Waals surface area contributed by atoms with Gasteiger partial charge < -0.3 is 20.1 Å². The van der Waals surface area contributed by atoms with Gasteiger partial charge in [-0.05, 0) is 23.6 Å². The van der Waals surface area contributed by atoms with Crippen LogP contribution in [0.25, 0.3) is 0 Å². The molecular formula is C19H25FN2O6. The van der Waals surface area contributed by atoms with Crippen LogP contribution in [-0.4, -0.2) is 50.1 Å². The summed E-state index contributed by atoms with van der Waals surface area (Å²) < 4.78 is 22.4. The van der Waals surface area contributed by atoms with Gasteiger partial charge in [-0.25, -0.2) is 9.18 Å². The van der Waals surface area contributed by atoms with E-state index < -0.39 is 47.6 Å². The van der Waals surface area contributed by atoms with E-state index in [2.05, 4.69) is 15.4 Å². The van der Waals surface area contributed by atoms with Crippen LogP contribution in [0.2, 0.25) is 0 Å². The summed E-state index contributed by atoms with van der Waals surface area (Å²) in [5.41, 5.74) is 0.618. The maximum absolute atomic E-state index is 13.1. The van der Waals surface area contributed by atoms with Crippen LogP contribution in [0.4, 0.5) is 4.39 Å². The van der Waals surface area contributed by atoms with E-state index in [-0.39, 0.29) is 12.8 Å². The molecule has 0 fully saturated rings. The van der Waals surface area contributed by atoms with E-state index in [4.69, 9.17) is 4.74 Å². The number of carbonyl (C=O) groups is 4. The fourth-order valence-corrected chi connectivity index (χ4v) is 2.59. The van der Waals surface area contributed by atoms with E-state index in [1.165, 1.54) is 38.3 Å². The largest absolute Gasteiger partial charge is 0.469 e. The lowest BCUT2D eigenvalue weighted by molar-refractivity contribution is -0.148. The molecule has 0 spiro atoms. The molecule has 0 bridgehead atoms. The highest BCUT2D eigenvalue weighted by Gasteiger charge is 2.32. The number of rotatable bonds is 9. The Labute approximate surface area is 162 Å². The summed E-state index contributed by atoms with van der Waals surface area (Å²) in [7, 11) is 2.38. The average molecular weight is 396 g/mol. The van der Waals surface area contributed by atoms with Crippen LogP contribution in [0.3, 0.4) is 0 Å². The van der Waals surface area contributed by atoms with E-state index in [0.717, 1.165) is 7.11 Å². The summed E-state index contributed by atoms with van der Waals surface area (Å²) >= 11 is 0. The maximum atomic E-state index is 13.1. The highest BCUT2D eigenvalue weighted by molar-refractivity contribution is 5.90. The summed E-state index contributed by atoms with van der Waals surface area (Å²) in [5.74, 6) is -3.38. The molecule has 0 aliphatic carbocycles. The lowest BCUT2D eigenvalue weighted by atomic mass is 9.97. The van der Waals surface area contributed by atoms with E-state index in [0.29, 0.717) is 5.56 Å². The molecule has 8 nitrogen and oxygen atoms in total. The lowest BCUT2D eigenvalue weighted by Crippen LogP contribution is -2.54. The molecule has 2 amide bonds. The van der Waals surface area contributed by atoms with Crippen molar-refractivity contribution in [3.8, 4) is 0 Å². The van der Waals surface area contributed by atoms with Gasteiger partial charge in [-0.2, -0.15) is 0 Å². The van der Waals surface area contributed by atoms with Crippen molar-refractivity contribution in [1.29, 1.82) is 0 Å². The van der Waals surface area contributed by atoms with Gasteiger partial charge in [-0.15, -0.1) is 0 Å². The minimum atomic E-state index is -1.11. The molecule has 1 rings (SSSR count). The van der Waals surface area contributed by atoms with Crippen LogP contribution in [0, 0.1) is 11.7 Å². The predicted octanol–water partition coefficient (Wildman–Crippen LogP) is 0.730. The molecule has 0 unspecified atom stereocenters. The molecule has 0 radical (unpaired) electrons. The summed E-state index contributed by atoms with van der Waals surface area (Å²) in [6.07, 6.45) is -0.0235. The second kappa shape index (κ2) is 11.0. The fourth-order valence-electron chi connectivity index (χ4n) is 2.59. The second-order valence-electron chi connectivity index (χ2n) is 6.35. The maximum Gasteiger partial charge on any atom is 0.328 e. The van der Waals surface area contributed by atoms with Crippen LogP contribution in [0.1, 0.15) is 25.8 Å². The van der Waals surface area contributed by atoms with Gasteiger partial charge in [0.15, 0.2) is 0 Å². The van der Waals surface area contributed by atoms with Crippen molar-refractivity contribution >= 4 is 23.8 Å². The zero-order valence-electron chi connectivity index (χ0n) is 16.3. The van der Waals surface area contributed by atoms with Crippen molar-refractivity contribution in [3.63, 3.8) is 0 Å². The minimum Gasteiger partial charge on any atom is -0.469 e. The average Bonchev–Trinajstić information content (AvgIpc) is 2.65. The second-order valence-corrected chi connectivity index (χ2v) is 6.35. The van der Waals surface area contributed by atoms with Crippen molar-refractivity contribution in [1.82, 2.24) is 10.6 Å². The van der Waals surface area contributed by atoms with Crippen LogP contribution >= 0.6 is 0 Å². The summed E-state index contributed by atoms with van der Waals surface area (Å²) in [6, 6.07) is 3.37. The Kier molecular flexibility index (Phi) is 9.07. The first kappa shape index (κ1) is 23.1. The Bertz CT molecular complexity index is 707. The molecule has 2 N–H and O–H groups in total. The standard InChI is InChI=1S/C19H25FN2O6/c1-11(9-16(24)27-3)17(19(26)28-4)22-18(25)15(21-12(2)23)10-13-5-7-14(20)8-6-13/h5-8,11,15,17H,9-10H2,1-4H3,(H,21,23)(H,22,25)/t11-,15-,17-/m0/s1. The normalized spacial score (nSPS) is 13.6. The number of nitrogens with one attached hydrogen (secondary N) is 2. The zero-order chi connectivity index (χ0) is 21.3. The molecule has 28 heavy (non-hydrogen) atoms. The topological polar surface area (TPSA) is 111 Å². The quantitative estimate of drug-likeness (QED) is 0.596. The molecule has 0 aliphatic heterocycles. The Balaban J connectivity index is 2.96. The molecule has 0 aliphatic rings. The molecule has 1 aromatic carbocycles. The van der Waals surface area contributed by atoms with E-state index >= 15 is 0 Å². The number of ether oxygens (including phenoxy) is 2. The van der Waals surface area contributed by atoms with Crippen molar-refractivity contribution in [2.45, 2.75) is 38.8 Å². The number of halogens is 1. The van der Waals surface area contributed by atoms with Gasteiger partial charge in [0.1, 0.15) is 17.9 Å². The molecule has 3 atom stereocenters. The zero-order valence-corrected chi connectivity index (χ0v) is 16.3. The van der Waals surface area contributed by atoms with Crippen LogP contribution in [0.5, 0.6) is 0 Å². The summed E-state index contributed by atoms with van der Waals surface area (Å²) in [4.78, 5) is 47.8. The third-order valence-electron chi connectivity index (χ3n) is 4.09. The first-order chi connectivity index (χ1) is 13.2. The van der Waals surface area contributed by atoms with Gasteiger partial charge in [-0.1, -0.05) is 19.1 Å². The molecule has 154 valence electrons. The first-order valence-electron chi connectivity index (χ1n) is 8.64. The summed E-state index contributed by atoms with van der Waals surface area (Å²) in [6.45, 7) is 2.84. The molecular weight excluding hydrogens is 371 g/mol. The van der Waals surface area contributed by atoms with Crippen molar-refractivity contribution < 1.29 is 33.0 Å². The number of benzene rings is 1. The monoisotopic (exact) mass is 396 g/mol. The molecule has 9 heteroatoms. The molecule has 1 aromatic rings. The smallest absolute Gasteiger partial charge is 0.328 e. The van der Waals surface area contributed by atoms with E-state index in [9.17, 15) is 23.6 Å². The van der Waals surface area contributed by atoms with Gasteiger partial charge in [0, 0.05) is 13.3 Å². The molecule has 0 saturated heterocycles. The minimum absolute atomic E-state index is 0.0883. The van der Waals surface area contributed by atoms with Crippen LogP contribution in [-0.2, 0) is 35.1 Å². The Morgan fingerprint density at radius 3 is 2.14 bits per heavy atom. The van der Waals surface area contributed by atoms with Gasteiger partial charge in [0.25, 0.3) is 0 Å². The van der Waals surface area contributed by atoms with Crippen LogP contribution < -0.4 is 10.6 Å². The fraction of sp³-hybridized carbons (Fsp3) is 0.474. The lowest BCUT2D eigenvalue weighted by Gasteiger charge is -2.25. The van der Waals surface area contributed by atoms with Crippen molar-refractivity contribution in [2.75, 3.05) is 14.2 Å². The third-order valence-corrected chi connectivity index (χ3v) is 4.09. The summed E-state index contributed by atoms with van der Waals surface area (Å²) in [5, 5.41) is 5.03. The first-order valence-corrected chi connectivity index (χ1v) is 8.64.